The van der Waals surface area contributed by atoms with Crippen LogP contribution in [0.25, 0.3) is 22.4 Å². The predicted octanol–water partition coefficient (Wildman–Crippen LogP) is 2.62. The molecule has 3 aromatic rings. The van der Waals surface area contributed by atoms with E-state index in [9.17, 15) is 8.42 Å². The Morgan fingerprint density at radius 2 is 1.96 bits per heavy atom. The number of nitriles is 1. The van der Waals surface area contributed by atoms with Crippen molar-refractivity contribution in [2.75, 3.05) is 26.3 Å². The van der Waals surface area contributed by atoms with Crippen LogP contribution in [0, 0.1) is 11.3 Å². The minimum Gasteiger partial charge on any atom is -0.379 e. The molecule has 2 heterocycles. The topological polar surface area (TPSA) is 88.2 Å². The zero-order valence-corrected chi connectivity index (χ0v) is 16.3. The Hall–Kier alpha value is -2.73. The molecule has 0 aliphatic carbocycles. The van der Waals surface area contributed by atoms with Crippen LogP contribution in [0.1, 0.15) is 12.5 Å². The zero-order chi connectivity index (χ0) is 19.7. The Balaban J connectivity index is 1.81. The summed E-state index contributed by atoms with van der Waals surface area (Å²) in [7, 11) is -3.58. The van der Waals surface area contributed by atoms with Gasteiger partial charge in [-0.2, -0.15) is 9.57 Å². The number of morpholine rings is 1. The lowest BCUT2D eigenvalue weighted by atomic mass is 10.1. The van der Waals surface area contributed by atoms with Crippen molar-refractivity contribution >= 4 is 21.1 Å². The van der Waals surface area contributed by atoms with Gasteiger partial charge in [0.25, 0.3) is 0 Å². The molecule has 0 saturated carbocycles. The summed E-state index contributed by atoms with van der Waals surface area (Å²) in [5.41, 5.74) is 2.87. The van der Waals surface area contributed by atoms with Crippen LogP contribution in [0.3, 0.4) is 0 Å². The molecule has 2 aromatic carbocycles. The van der Waals surface area contributed by atoms with Gasteiger partial charge in [-0.1, -0.05) is 12.1 Å². The molecule has 0 unspecified atom stereocenters. The third kappa shape index (κ3) is 3.18. The maximum Gasteiger partial charge on any atom is 0.243 e. The van der Waals surface area contributed by atoms with Gasteiger partial charge >= 0.3 is 0 Å². The van der Waals surface area contributed by atoms with Crippen molar-refractivity contribution in [3.05, 3.63) is 48.0 Å². The van der Waals surface area contributed by atoms with Gasteiger partial charge in [0.15, 0.2) is 0 Å². The first-order valence-corrected chi connectivity index (χ1v) is 10.6. The van der Waals surface area contributed by atoms with E-state index in [0.29, 0.717) is 43.9 Å². The number of fused-ring (bicyclic) bond motifs is 1. The van der Waals surface area contributed by atoms with E-state index in [1.807, 2.05) is 23.6 Å². The monoisotopic (exact) mass is 396 g/mol. The molecule has 8 heteroatoms. The van der Waals surface area contributed by atoms with Crippen LogP contribution in [0.2, 0.25) is 0 Å². The summed E-state index contributed by atoms with van der Waals surface area (Å²) in [4.78, 5) is 4.93. The molecule has 4 rings (SSSR count). The van der Waals surface area contributed by atoms with Gasteiger partial charge < -0.3 is 9.30 Å². The Kier molecular flexibility index (Phi) is 4.89. The van der Waals surface area contributed by atoms with Crippen LogP contribution in [0.4, 0.5) is 0 Å². The van der Waals surface area contributed by atoms with Gasteiger partial charge in [-0.15, -0.1) is 0 Å². The summed E-state index contributed by atoms with van der Waals surface area (Å²) in [5, 5.41) is 9.17. The molecule has 1 fully saturated rings. The lowest BCUT2D eigenvalue weighted by Crippen LogP contribution is -2.40. The van der Waals surface area contributed by atoms with Crippen molar-refractivity contribution in [3.63, 3.8) is 0 Å². The van der Waals surface area contributed by atoms with Gasteiger partial charge in [0.05, 0.1) is 40.8 Å². The van der Waals surface area contributed by atoms with Crippen LogP contribution in [0.5, 0.6) is 0 Å². The lowest BCUT2D eigenvalue weighted by Gasteiger charge is -2.26. The van der Waals surface area contributed by atoms with Crippen molar-refractivity contribution in [2.45, 2.75) is 18.4 Å². The normalized spacial score (nSPS) is 15.6. The highest BCUT2D eigenvalue weighted by molar-refractivity contribution is 7.89. The predicted molar refractivity (Wildman–Crippen MR) is 105 cm³/mol. The van der Waals surface area contributed by atoms with E-state index in [-0.39, 0.29) is 4.90 Å². The Morgan fingerprint density at radius 3 is 2.68 bits per heavy atom. The van der Waals surface area contributed by atoms with Crippen LogP contribution in [-0.4, -0.2) is 48.6 Å². The number of aromatic nitrogens is 2. The summed E-state index contributed by atoms with van der Waals surface area (Å²) in [6, 6.07) is 14.5. The molecule has 0 atom stereocenters. The molecule has 0 N–H and O–H groups in total. The summed E-state index contributed by atoms with van der Waals surface area (Å²) in [6.45, 7) is 4.22. The largest absolute Gasteiger partial charge is 0.379 e. The molecular weight excluding hydrogens is 376 g/mol. The van der Waals surface area contributed by atoms with Crippen molar-refractivity contribution in [2.24, 2.45) is 0 Å². The van der Waals surface area contributed by atoms with E-state index >= 15 is 0 Å². The van der Waals surface area contributed by atoms with Gasteiger partial charge in [-0.3, -0.25) is 0 Å². The highest BCUT2D eigenvalue weighted by Gasteiger charge is 2.27. The van der Waals surface area contributed by atoms with Gasteiger partial charge in [0, 0.05) is 25.2 Å². The van der Waals surface area contributed by atoms with Crippen molar-refractivity contribution in [1.82, 2.24) is 13.9 Å². The fourth-order valence-corrected chi connectivity index (χ4v) is 4.90. The van der Waals surface area contributed by atoms with Gasteiger partial charge in [-0.25, -0.2) is 13.4 Å². The number of imidazole rings is 1. The molecule has 0 radical (unpaired) electrons. The molecule has 7 nitrogen and oxygen atoms in total. The van der Waals surface area contributed by atoms with Gasteiger partial charge in [0.1, 0.15) is 5.82 Å². The highest BCUT2D eigenvalue weighted by atomic mass is 32.2. The number of hydrogen-bond donors (Lipinski definition) is 0. The minimum atomic E-state index is -3.58. The second kappa shape index (κ2) is 7.36. The fourth-order valence-electron chi connectivity index (χ4n) is 3.47. The van der Waals surface area contributed by atoms with Crippen molar-refractivity contribution < 1.29 is 13.2 Å². The maximum atomic E-state index is 12.9. The first-order chi connectivity index (χ1) is 13.5. The third-order valence-electron chi connectivity index (χ3n) is 4.89. The summed E-state index contributed by atoms with van der Waals surface area (Å²) >= 11 is 0. The molecular formula is C20H20N4O3S. The average molecular weight is 396 g/mol. The van der Waals surface area contributed by atoms with Crippen LogP contribution < -0.4 is 0 Å². The molecule has 144 valence electrons. The Bertz CT molecular complexity index is 1170. The standard InChI is InChI=1S/C20H20N4O3S/c1-2-24-19-7-6-17(28(25,26)23-8-10-27-11-9-23)13-18(19)22-20(24)16-5-3-4-15(12-16)14-21/h3-7,12-13H,2,8-11H2,1H3. The van der Waals surface area contributed by atoms with Crippen LogP contribution in [-0.2, 0) is 21.3 Å². The molecule has 1 aromatic heterocycles. The average Bonchev–Trinajstić information content (AvgIpc) is 3.12. The van der Waals surface area contributed by atoms with E-state index in [0.717, 1.165) is 16.9 Å². The highest BCUT2D eigenvalue weighted by Crippen LogP contribution is 2.28. The SMILES string of the molecule is CCn1c(-c2cccc(C#N)c2)nc2cc(S(=O)(=O)N3CCOCC3)ccc21. The summed E-state index contributed by atoms with van der Waals surface area (Å²) in [5.74, 6) is 0.718. The first-order valence-electron chi connectivity index (χ1n) is 9.13. The number of hydrogen-bond acceptors (Lipinski definition) is 5. The maximum absolute atomic E-state index is 12.9. The van der Waals surface area contributed by atoms with E-state index in [4.69, 9.17) is 15.0 Å². The number of rotatable bonds is 4. The second-order valence-electron chi connectivity index (χ2n) is 6.54. The van der Waals surface area contributed by atoms with Gasteiger partial charge in [-0.05, 0) is 37.3 Å². The van der Waals surface area contributed by atoms with Gasteiger partial charge in [0.2, 0.25) is 10.0 Å². The quantitative estimate of drug-likeness (QED) is 0.676. The smallest absolute Gasteiger partial charge is 0.243 e. The molecule has 0 amide bonds. The molecule has 28 heavy (non-hydrogen) atoms. The minimum absolute atomic E-state index is 0.236. The Labute approximate surface area is 163 Å². The van der Waals surface area contributed by atoms with E-state index in [2.05, 4.69) is 6.07 Å². The third-order valence-corrected chi connectivity index (χ3v) is 6.79. The summed E-state index contributed by atoms with van der Waals surface area (Å²) < 4.78 is 34.6. The van der Waals surface area contributed by atoms with Crippen LogP contribution in [0.15, 0.2) is 47.4 Å². The van der Waals surface area contributed by atoms with Crippen molar-refractivity contribution in [1.29, 1.82) is 5.26 Å². The summed E-state index contributed by atoms with van der Waals surface area (Å²) in [6.07, 6.45) is 0. The molecule has 0 bridgehead atoms. The molecule has 1 aliphatic rings. The van der Waals surface area contributed by atoms with E-state index in [1.165, 1.54) is 4.31 Å². The van der Waals surface area contributed by atoms with Crippen LogP contribution >= 0.6 is 0 Å². The van der Waals surface area contributed by atoms with E-state index in [1.54, 1.807) is 30.3 Å². The van der Waals surface area contributed by atoms with E-state index < -0.39 is 10.0 Å². The fraction of sp³-hybridized carbons (Fsp3) is 0.300. The number of aryl methyl sites for hydroxylation is 1. The second-order valence-corrected chi connectivity index (χ2v) is 8.48. The first kappa shape index (κ1) is 18.6. The number of sulfonamides is 1. The van der Waals surface area contributed by atoms with Crippen molar-refractivity contribution in [3.8, 4) is 17.5 Å². The number of benzene rings is 2. The molecule has 1 aliphatic heterocycles. The molecule has 0 spiro atoms. The number of nitrogens with zero attached hydrogens (tertiary/aromatic N) is 4. The number of ether oxygens (including phenoxy) is 1. The molecule has 1 saturated heterocycles. The zero-order valence-electron chi connectivity index (χ0n) is 15.5. The Morgan fingerprint density at radius 1 is 1.18 bits per heavy atom. The lowest BCUT2D eigenvalue weighted by molar-refractivity contribution is 0.0730.